The summed E-state index contributed by atoms with van der Waals surface area (Å²) >= 11 is 0. The molecular weight excluding hydrogens is 370 g/mol. The van der Waals surface area contributed by atoms with Crippen LogP contribution in [0.4, 0.5) is 0 Å². The van der Waals surface area contributed by atoms with Crippen molar-refractivity contribution in [3.63, 3.8) is 0 Å². The second-order valence-electron chi connectivity index (χ2n) is 7.16. The number of ether oxygens (including phenoxy) is 3. The van der Waals surface area contributed by atoms with Gasteiger partial charge in [0, 0.05) is 6.54 Å². The number of aryl methyl sites for hydroxylation is 1. The highest BCUT2D eigenvalue weighted by atomic mass is 16.6. The molecule has 2 aromatic carbocycles. The molecule has 1 atom stereocenters. The van der Waals surface area contributed by atoms with Crippen molar-refractivity contribution in [3.8, 4) is 11.5 Å². The standard InChI is InChI=1S/C23H29NO5/c1-15(2)21-11-10-20(12-16(21)3)28-14-22(25)29-17(4)23(26)24-13-18-6-8-19(27-5)9-7-18/h6-12,15,17H,13-14H2,1-5H3,(H,24,26)/t17-/m0/s1. The Labute approximate surface area is 172 Å². The topological polar surface area (TPSA) is 73.9 Å². The molecule has 1 N–H and O–H groups in total. The van der Waals surface area contributed by atoms with Crippen LogP contribution < -0.4 is 14.8 Å². The number of hydrogen-bond acceptors (Lipinski definition) is 5. The van der Waals surface area contributed by atoms with E-state index in [1.54, 1.807) is 7.11 Å². The molecule has 29 heavy (non-hydrogen) atoms. The zero-order chi connectivity index (χ0) is 21.4. The predicted octanol–water partition coefficient (Wildman–Crippen LogP) is 3.75. The second-order valence-corrected chi connectivity index (χ2v) is 7.16. The smallest absolute Gasteiger partial charge is 0.344 e. The average molecular weight is 399 g/mol. The fraction of sp³-hybridized carbons (Fsp3) is 0.391. The summed E-state index contributed by atoms with van der Waals surface area (Å²) in [4.78, 5) is 24.1. The Balaban J connectivity index is 1.77. The van der Waals surface area contributed by atoms with Gasteiger partial charge in [-0.1, -0.05) is 32.0 Å². The molecule has 0 saturated heterocycles. The maximum Gasteiger partial charge on any atom is 0.344 e. The maximum absolute atomic E-state index is 12.1. The van der Waals surface area contributed by atoms with Gasteiger partial charge in [-0.2, -0.15) is 0 Å². The molecule has 0 aliphatic carbocycles. The molecule has 156 valence electrons. The number of rotatable bonds is 9. The van der Waals surface area contributed by atoms with Crippen molar-refractivity contribution in [1.29, 1.82) is 0 Å². The minimum atomic E-state index is -0.908. The molecule has 6 heteroatoms. The molecule has 6 nitrogen and oxygen atoms in total. The van der Waals surface area contributed by atoms with E-state index in [0.29, 0.717) is 18.2 Å². The summed E-state index contributed by atoms with van der Waals surface area (Å²) in [6.07, 6.45) is -0.908. The lowest BCUT2D eigenvalue weighted by Crippen LogP contribution is -2.36. The van der Waals surface area contributed by atoms with E-state index in [1.807, 2.05) is 49.4 Å². The van der Waals surface area contributed by atoms with E-state index in [-0.39, 0.29) is 12.5 Å². The van der Waals surface area contributed by atoms with Crippen LogP contribution in [0.15, 0.2) is 42.5 Å². The van der Waals surface area contributed by atoms with Gasteiger partial charge in [-0.15, -0.1) is 0 Å². The van der Waals surface area contributed by atoms with E-state index in [2.05, 4.69) is 19.2 Å². The summed E-state index contributed by atoms with van der Waals surface area (Å²) in [6, 6.07) is 13.1. The largest absolute Gasteiger partial charge is 0.497 e. The van der Waals surface area contributed by atoms with Crippen molar-refractivity contribution >= 4 is 11.9 Å². The number of carbonyl (C=O) groups is 2. The van der Waals surface area contributed by atoms with Gasteiger partial charge in [0.25, 0.3) is 5.91 Å². The Morgan fingerprint density at radius 2 is 1.66 bits per heavy atom. The Morgan fingerprint density at radius 1 is 1.00 bits per heavy atom. The van der Waals surface area contributed by atoms with Gasteiger partial charge in [0.15, 0.2) is 12.7 Å². The van der Waals surface area contributed by atoms with Crippen molar-refractivity contribution in [2.75, 3.05) is 13.7 Å². The third-order valence-corrected chi connectivity index (χ3v) is 4.52. The van der Waals surface area contributed by atoms with Crippen LogP contribution in [0.2, 0.25) is 0 Å². The van der Waals surface area contributed by atoms with Crippen LogP contribution in [0.25, 0.3) is 0 Å². The molecule has 0 aliphatic rings. The van der Waals surface area contributed by atoms with Crippen molar-refractivity contribution in [3.05, 3.63) is 59.2 Å². The van der Waals surface area contributed by atoms with E-state index >= 15 is 0 Å². The summed E-state index contributed by atoms with van der Waals surface area (Å²) in [7, 11) is 1.60. The van der Waals surface area contributed by atoms with Crippen LogP contribution in [0.1, 0.15) is 43.4 Å². The highest BCUT2D eigenvalue weighted by Gasteiger charge is 2.18. The lowest BCUT2D eigenvalue weighted by Gasteiger charge is -2.15. The summed E-state index contributed by atoms with van der Waals surface area (Å²) < 4.78 is 15.7. The SMILES string of the molecule is COc1ccc(CNC(=O)[C@H](C)OC(=O)COc2ccc(C(C)C)c(C)c2)cc1. The third-order valence-electron chi connectivity index (χ3n) is 4.52. The molecule has 0 bridgehead atoms. The number of carbonyl (C=O) groups excluding carboxylic acids is 2. The lowest BCUT2D eigenvalue weighted by molar-refractivity contribution is -0.156. The van der Waals surface area contributed by atoms with Crippen LogP contribution in [-0.2, 0) is 20.9 Å². The van der Waals surface area contributed by atoms with E-state index < -0.39 is 12.1 Å². The van der Waals surface area contributed by atoms with Crippen molar-refractivity contribution in [2.24, 2.45) is 0 Å². The highest BCUT2D eigenvalue weighted by molar-refractivity contribution is 5.83. The summed E-state index contributed by atoms with van der Waals surface area (Å²) in [5.41, 5.74) is 3.26. The predicted molar refractivity (Wildman–Crippen MR) is 111 cm³/mol. The van der Waals surface area contributed by atoms with Crippen LogP contribution >= 0.6 is 0 Å². The molecule has 0 aliphatic heterocycles. The molecule has 0 radical (unpaired) electrons. The molecule has 1 amide bonds. The van der Waals surface area contributed by atoms with Crippen LogP contribution in [0, 0.1) is 6.92 Å². The Kier molecular flexibility index (Phi) is 8.07. The zero-order valence-electron chi connectivity index (χ0n) is 17.7. The van der Waals surface area contributed by atoms with E-state index in [0.717, 1.165) is 16.9 Å². The first-order chi connectivity index (χ1) is 13.8. The first-order valence-electron chi connectivity index (χ1n) is 9.63. The van der Waals surface area contributed by atoms with Gasteiger partial charge in [-0.05, 0) is 60.7 Å². The van der Waals surface area contributed by atoms with Crippen LogP contribution in [0.3, 0.4) is 0 Å². The van der Waals surface area contributed by atoms with Gasteiger partial charge in [-0.3, -0.25) is 4.79 Å². The first-order valence-corrected chi connectivity index (χ1v) is 9.63. The fourth-order valence-corrected chi connectivity index (χ4v) is 2.89. The molecule has 2 rings (SSSR count). The number of esters is 1. The summed E-state index contributed by atoms with van der Waals surface area (Å²) in [5, 5.41) is 2.74. The molecule has 0 unspecified atom stereocenters. The molecule has 0 saturated carbocycles. The Morgan fingerprint density at radius 3 is 2.24 bits per heavy atom. The quantitative estimate of drug-likeness (QED) is 0.650. The van der Waals surface area contributed by atoms with E-state index in [9.17, 15) is 9.59 Å². The van der Waals surface area contributed by atoms with Crippen molar-refractivity contribution < 1.29 is 23.8 Å². The Bertz CT molecular complexity index is 830. The monoisotopic (exact) mass is 399 g/mol. The summed E-state index contributed by atoms with van der Waals surface area (Å²) in [5.74, 6) is 0.803. The number of hydrogen-bond donors (Lipinski definition) is 1. The first kappa shape index (κ1) is 22.3. The van der Waals surface area contributed by atoms with Crippen LogP contribution in [-0.4, -0.2) is 31.7 Å². The van der Waals surface area contributed by atoms with Gasteiger partial charge in [0.2, 0.25) is 0 Å². The lowest BCUT2D eigenvalue weighted by atomic mass is 9.98. The van der Waals surface area contributed by atoms with Crippen LogP contribution in [0.5, 0.6) is 11.5 Å². The average Bonchev–Trinajstić information content (AvgIpc) is 2.70. The molecule has 0 heterocycles. The summed E-state index contributed by atoms with van der Waals surface area (Å²) in [6.45, 7) is 7.88. The molecular formula is C23H29NO5. The number of amides is 1. The minimum absolute atomic E-state index is 0.253. The van der Waals surface area contributed by atoms with Crippen molar-refractivity contribution in [1.82, 2.24) is 5.32 Å². The number of nitrogens with one attached hydrogen (secondary N) is 1. The fourth-order valence-electron chi connectivity index (χ4n) is 2.89. The molecule has 0 aromatic heterocycles. The van der Waals surface area contributed by atoms with E-state index in [4.69, 9.17) is 14.2 Å². The van der Waals surface area contributed by atoms with Gasteiger partial charge in [-0.25, -0.2) is 4.79 Å². The molecule has 0 fully saturated rings. The zero-order valence-corrected chi connectivity index (χ0v) is 17.7. The number of benzene rings is 2. The van der Waals surface area contributed by atoms with Gasteiger partial charge in [0.05, 0.1) is 7.11 Å². The highest BCUT2D eigenvalue weighted by Crippen LogP contribution is 2.23. The number of methoxy groups -OCH3 is 1. The third kappa shape index (κ3) is 6.82. The van der Waals surface area contributed by atoms with E-state index in [1.165, 1.54) is 12.5 Å². The Hall–Kier alpha value is -3.02. The maximum atomic E-state index is 12.1. The second kappa shape index (κ2) is 10.5. The van der Waals surface area contributed by atoms with Crippen molar-refractivity contribution in [2.45, 2.75) is 46.3 Å². The molecule has 0 spiro atoms. The van der Waals surface area contributed by atoms with Gasteiger partial charge < -0.3 is 19.5 Å². The molecule has 2 aromatic rings. The minimum Gasteiger partial charge on any atom is -0.497 e. The van der Waals surface area contributed by atoms with Gasteiger partial charge >= 0.3 is 5.97 Å². The van der Waals surface area contributed by atoms with Gasteiger partial charge in [0.1, 0.15) is 11.5 Å². The normalized spacial score (nSPS) is 11.7.